The highest BCUT2D eigenvalue weighted by Gasteiger charge is 2.51. The molecule has 1 aliphatic carbocycles. The number of nitrogens with zero attached hydrogens (tertiary/aromatic N) is 2. The summed E-state index contributed by atoms with van der Waals surface area (Å²) >= 11 is 0. The van der Waals surface area contributed by atoms with E-state index in [0.717, 1.165) is 51.6 Å². The molecule has 2 aliphatic heterocycles. The fourth-order valence-corrected chi connectivity index (χ4v) is 4.70. The number of rotatable bonds is 8. The molecule has 1 spiro atoms. The minimum Gasteiger partial charge on any atom is -0.369 e. The van der Waals surface area contributed by atoms with Gasteiger partial charge in [0.1, 0.15) is 5.54 Å². The Kier molecular flexibility index (Phi) is 7.10. The van der Waals surface area contributed by atoms with Crippen LogP contribution in [0.2, 0.25) is 0 Å². The first kappa shape index (κ1) is 21.5. The van der Waals surface area contributed by atoms with E-state index in [0.29, 0.717) is 25.9 Å². The number of primary amides is 1. The molecule has 1 atom stereocenters. The largest absolute Gasteiger partial charge is 0.369 e. The lowest BCUT2D eigenvalue weighted by molar-refractivity contribution is -0.132. The van der Waals surface area contributed by atoms with Gasteiger partial charge in [0.05, 0.1) is 5.92 Å². The topological polar surface area (TPSA) is 125 Å². The van der Waals surface area contributed by atoms with E-state index in [-0.39, 0.29) is 42.6 Å². The van der Waals surface area contributed by atoms with Gasteiger partial charge in [-0.05, 0) is 45.2 Å². The monoisotopic (exact) mass is 407 g/mol. The fourth-order valence-electron chi connectivity index (χ4n) is 4.70. The maximum Gasteiger partial charge on any atom is 0.325 e. The first-order valence-electron chi connectivity index (χ1n) is 10.8. The maximum atomic E-state index is 12.7. The van der Waals surface area contributed by atoms with E-state index in [9.17, 15) is 19.2 Å². The van der Waals surface area contributed by atoms with Gasteiger partial charge in [-0.2, -0.15) is 0 Å². The second-order valence-corrected chi connectivity index (χ2v) is 8.53. The molecule has 3 rings (SSSR count). The predicted octanol–water partition coefficient (Wildman–Crippen LogP) is 0.335. The van der Waals surface area contributed by atoms with Crippen molar-refractivity contribution in [2.75, 3.05) is 32.7 Å². The molecule has 3 fully saturated rings. The van der Waals surface area contributed by atoms with Crippen molar-refractivity contribution in [2.45, 2.75) is 63.3 Å². The van der Waals surface area contributed by atoms with Crippen molar-refractivity contribution in [1.82, 2.24) is 20.4 Å². The van der Waals surface area contributed by atoms with Crippen LogP contribution in [-0.2, 0) is 14.4 Å². The summed E-state index contributed by atoms with van der Waals surface area (Å²) < 4.78 is 0. The molecule has 0 bridgehead atoms. The van der Waals surface area contributed by atoms with Crippen LogP contribution in [0.1, 0.15) is 57.8 Å². The molecular weight excluding hydrogens is 374 g/mol. The van der Waals surface area contributed by atoms with Crippen LogP contribution in [0.15, 0.2) is 0 Å². The first-order chi connectivity index (χ1) is 13.9. The van der Waals surface area contributed by atoms with Gasteiger partial charge in [0.2, 0.25) is 11.8 Å². The summed E-state index contributed by atoms with van der Waals surface area (Å²) in [7, 11) is 0. The van der Waals surface area contributed by atoms with Crippen LogP contribution in [0.3, 0.4) is 0 Å². The Morgan fingerprint density at radius 1 is 1.14 bits per heavy atom. The van der Waals surface area contributed by atoms with E-state index in [1.807, 2.05) is 0 Å². The molecule has 2 heterocycles. The SMILES string of the molecule is NC(=O)C1CCCN(CCCNC(=O)CCN2C(=O)NC3(CCCCC3)C2=O)C1. The maximum absolute atomic E-state index is 12.7. The van der Waals surface area contributed by atoms with Gasteiger partial charge in [0.15, 0.2) is 0 Å². The predicted molar refractivity (Wildman–Crippen MR) is 107 cm³/mol. The van der Waals surface area contributed by atoms with Crippen LogP contribution in [-0.4, -0.2) is 71.8 Å². The lowest BCUT2D eigenvalue weighted by Gasteiger charge is -2.31. The Balaban J connectivity index is 1.33. The van der Waals surface area contributed by atoms with E-state index in [2.05, 4.69) is 15.5 Å². The number of amides is 5. The molecule has 5 amide bonds. The lowest BCUT2D eigenvalue weighted by Crippen LogP contribution is -2.48. The highest BCUT2D eigenvalue weighted by Crippen LogP contribution is 2.33. The van der Waals surface area contributed by atoms with Crippen molar-refractivity contribution in [3.8, 4) is 0 Å². The number of piperidine rings is 1. The number of imide groups is 1. The van der Waals surface area contributed by atoms with Gasteiger partial charge >= 0.3 is 6.03 Å². The van der Waals surface area contributed by atoms with E-state index in [4.69, 9.17) is 5.73 Å². The molecule has 0 aromatic rings. The van der Waals surface area contributed by atoms with Gasteiger partial charge in [-0.3, -0.25) is 19.3 Å². The Morgan fingerprint density at radius 3 is 2.62 bits per heavy atom. The number of hydrogen-bond acceptors (Lipinski definition) is 5. The van der Waals surface area contributed by atoms with Gasteiger partial charge in [-0.25, -0.2) is 4.79 Å². The third-order valence-corrected chi connectivity index (χ3v) is 6.40. The van der Waals surface area contributed by atoms with E-state index >= 15 is 0 Å². The van der Waals surface area contributed by atoms with Crippen molar-refractivity contribution in [1.29, 1.82) is 0 Å². The summed E-state index contributed by atoms with van der Waals surface area (Å²) in [6.45, 7) is 3.09. The molecule has 1 saturated carbocycles. The van der Waals surface area contributed by atoms with Crippen LogP contribution in [0, 0.1) is 5.92 Å². The minimum absolute atomic E-state index is 0.0741. The average molecular weight is 408 g/mol. The van der Waals surface area contributed by atoms with Gasteiger partial charge < -0.3 is 21.3 Å². The van der Waals surface area contributed by atoms with Crippen molar-refractivity contribution in [3.63, 3.8) is 0 Å². The van der Waals surface area contributed by atoms with Crippen molar-refractivity contribution in [2.24, 2.45) is 11.7 Å². The summed E-state index contributed by atoms with van der Waals surface area (Å²) in [5.74, 6) is -0.651. The lowest BCUT2D eigenvalue weighted by atomic mass is 9.82. The Morgan fingerprint density at radius 2 is 1.90 bits per heavy atom. The Hall–Kier alpha value is -2.16. The Bertz CT molecular complexity index is 647. The quantitative estimate of drug-likeness (QED) is 0.395. The molecular formula is C20H33N5O4. The molecule has 0 aromatic carbocycles. The molecule has 2 saturated heterocycles. The molecule has 9 heteroatoms. The van der Waals surface area contributed by atoms with Crippen LogP contribution in [0.4, 0.5) is 4.79 Å². The number of urea groups is 1. The molecule has 3 aliphatic rings. The third kappa shape index (κ3) is 5.26. The standard InChI is InChI=1S/C20H33N5O4/c21-17(27)15-6-4-11-24(14-15)12-5-10-22-16(26)7-13-25-18(28)20(23-19(25)29)8-2-1-3-9-20/h15H,1-14H2,(H2,21,27)(H,22,26)(H,23,29). The summed E-state index contributed by atoms with van der Waals surface area (Å²) in [4.78, 5) is 51.7. The summed E-state index contributed by atoms with van der Waals surface area (Å²) in [6, 6.07) is -0.376. The molecule has 162 valence electrons. The third-order valence-electron chi connectivity index (χ3n) is 6.40. The average Bonchev–Trinajstić information content (AvgIpc) is 2.93. The van der Waals surface area contributed by atoms with Gasteiger partial charge in [0, 0.05) is 26.1 Å². The number of nitrogens with two attached hydrogens (primary N) is 1. The van der Waals surface area contributed by atoms with Gasteiger partial charge in [-0.15, -0.1) is 0 Å². The van der Waals surface area contributed by atoms with Crippen molar-refractivity contribution in [3.05, 3.63) is 0 Å². The van der Waals surface area contributed by atoms with Gasteiger partial charge in [-0.1, -0.05) is 19.3 Å². The van der Waals surface area contributed by atoms with Gasteiger partial charge in [0.25, 0.3) is 5.91 Å². The highest BCUT2D eigenvalue weighted by molar-refractivity contribution is 6.07. The minimum atomic E-state index is -0.733. The zero-order chi connectivity index (χ0) is 20.9. The molecule has 4 N–H and O–H groups in total. The highest BCUT2D eigenvalue weighted by atomic mass is 16.2. The van der Waals surface area contributed by atoms with Crippen LogP contribution < -0.4 is 16.4 Å². The zero-order valence-electron chi connectivity index (χ0n) is 17.1. The first-order valence-corrected chi connectivity index (χ1v) is 10.8. The summed E-state index contributed by atoms with van der Waals surface area (Å²) in [5.41, 5.74) is 4.66. The van der Waals surface area contributed by atoms with E-state index in [1.54, 1.807) is 0 Å². The second kappa shape index (κ2) is 9.56. The number of nitrogens with one attached hydrogen (secondary N) is 2. The van der Waals surface area contributed by atoms with E-state index < -0.39 is 5.54 Å². The summed E-state index contributed by atoms with van der Waals surface area (Å²) in [6.07, 6.45) is 7.07. The molecule has 0 radical (unpaired) electrons. The van der Waals surface area contributed by atoms with Crippen LogP contribution >= 0.6 is 0 Å². The van der Waals surface area contributed by atoms with Crippen molar-refractivity contribution >= 4 is 23.8 Å². The van der Waals surface area contributed by atoms with Crippen molar-refractivity contribution < 1.29 is 19.2 Å². The number of carbonyl (C=O) groups is 4. The van der Waals surface area contributed by atoms with E-state index in [1.165, 1.54) is 4.90 Å². The molecule has 1 unspecified atom stereocenters. The zero-order valence-corrected chi connectivity index (χ0v) is 17.1. The van der Waals surface area contributed by atoms with Crippen LogP contribution in [0.5, 0.6) is 0 Å². The smallest absolute Gasteiger partial charge is 0.325 e. The normalized spacial score (nSPS) is 24.6. The summed E-state index contributed by atoms with van der Waals surface area (Å²) in [5, 5.41) is 5.71. The molecule has 0 aromatic heterocycles. The number of carbonyl (C=O) groups excluding carboxylic acids is 4. The number of hydrogen-bond donors (Lipinski definition) is 3. The molecule has 9 nitrogen and oxygen atoms in total. The second-order valence-electron chi connectivity index (χ2n) is 8.53. The molecule has 29 heavy (non-hydrogen) atoms. The Labute approximate surface area is 171 Å². The van der Waals surface area contributed by atoms with Crippen LogP contribution in [0.25, 0.3) is 0 Å². The fraction of sp³-hybridized carbons (Fsp3) is 0.800. The number of likely N-dealkylation sites (tertiary alicyclic amines) is 1.